The monoisotopic (exact) mass is 771 g/mol. The van der Waals surface area contributed by atoms with Crippen LogP contribution < -0.4 is 0 Å². The molecule has 0 heterocycles. The highest BCUT2D eigenvalue weighted by molar-refractivity contribution is 7.47. The summed E-state index contributed by atoms with van der Waals surface area (Å²) in [6.45, 7) is 2.28. The standard InChI is InChI=1S/C42H75O10P/c1-3-5-7-9-11-13-15-17-19-21-23-25-27-29-31-33-41(45)49-37-40(38-51-53(47,48)50-36-39(44)35-43)52-42(46)34-32-30-28-26-24-22-20-18-16-14-12-10-8-6-4-2/h11,13,17-20,24,26,39-40,43-44H,3-10,12,14-16,21-23,25,27-38H2,1-2H3,(H,47,48)/b13-11+,19-17+,20-18+,26-24+/t39-,40+/m0/s1. The van der Waals surface area contributed by atoms with Gasteiger partial charge in [0.2, 0.25) is 0 Å². The Morgan fingerprint density at radius 3 is 1.53 bits per heavy atom. The van der Waals surface area contributed by atoms with Gasteiger partial charge in [0.05, 0.1) is 19.8 Å². The number of phosphoric acid groups is 1. The molecule has 0 amide bonds. The van der Waals surface area contributed by atoms with Crippen LogP contribution in [0, 0.1) is 0 Å². The number of hydrogen-bond acceptors (Lipinski definition) is 9. The van der Waals surface area contributed by atoms with Gasteiger partial charge >= 0.3 is 19.8 Å². The van der Waals surface area contributed by atoms with Crippen molar-refractivity contribution in [3.05, 3.63) is 48.6 Å². The molecule has 0 aliphatic heterocycles. The van der Waals surface area contributed by atoms with E-state index in [2.05, 4.69) is 67.0 Å². The fourth-order valence-corrected chi connectivity index (χ4v) is 6.02. The van der Waals surface area contributed by atoms with E-state index in [1.807, 2.05) is 0 Å². The highest BCUT2D eigenvalue weighted by atomic mass is 31.2. The van der Waals surface area contributed by atoms with Crippen molar-refractivity contribution in [1.82, 2.24) is 0 Å². The van der Waals surface area contributed by atoms with Crippen molar-refractivity contribution in [3.8, 4) is 0 Å². The van der Waals surface area contributed by atoms with Crippen LogP contribution in [0.15, 0.2) is 48.6 Å². The molecule has 0 aliphatic carbocycles. The molecule has 10 nitrogen and oxygen atoms in total. The number of rotatable bonds is 38. The lowest BCUT2D eigenvalue weighted by atomic mass is 10.1. The molecular weight excluding hydrogens is 695 g/mol. The summed E-state index contributed by atoms with van der Waals surface area (Å²) < 4.78 is 32.6. The Morgan fingerprint density at radius 2 is 0.981 bits per heavy atom. The van der Waals surface area contributed by atoms with Crippen LogP contribution in [0.3, 0.4) is 0 Å². The fourth-order valence-electron chi connectivity index (χ4n) is 5.23. The zero-order valence-electron chi connectivity index (χ0n) is 33.2. The smallest absolute Gasteiger partial charge is 0.462 e. The van der Waals surface area contributed by atoms with Gasteiger partial charge in [0.25, 0.3) is 0 Å². The number of aliphatic hydroxyl groups excluding tert-OH is 2. The van der Waals surface area contributed by atoms with Crippen LogP contribution in [0.4, 0.5) is 0 Å². The number of carbonyl (C=O) groups excluding carboxylic acids is 2. The van der Waals surface area contributed by atoms with E-state index in [-0.39, 0.29) is 19.4 Å². The van der Waals surface area contributed by atoms with Crippen LogP contribution in [-0.2, 0) is 32.7 Å². The first-order valence-electron chi connectivity index (χ1n) is 20.6. The second-order valence-electron chi connectivity index (χ2n) is 13.7. The molecule has 0 rings (SSSR count). The molecule has 1 unspecified atom stereocenters. The van der Waals surface area contributed by atoms with E-state index < -0.39 is 51.8 Å². The molecule has 0 aromatic carbocycles. The third kappa shape index (κ3) is 38.0. The molecule has 0 aromatic rings. The minimum Gasteiger partial charge on any atom is -0.462 e. The molecule has 0 radical (unpaired) electrons. The van der Waals surface area contributed by atoms with E-state index in [9.17, 15) is 24.2 Å². The summed E-state index contributed by atoms with van der Waals surface area (Å²) in [5.41, 5.74) is 0. The average molecular weight is 771 g/mol. The summed E-state index contributed by atoms with van der Waals surface area (Å²) in [6, 6.07) is 0. The molecule has 0 aliphatic rings. The molecule has 0 saturated carbocycles. The molecule has 0 fully saturated rings. The Bertz CT molecular complexity index is 1030. The number of hydrogen-bond donors (Lipinski definition) is 3. The summed E-state index contributed by atoms with van der Waals surface area (Å²) in [5.74, 6) is -0.982. The van der Waals surface area contributed by atoms with Gasteiger partial charge in [-0.3, -0.25) is 18.6 Å². The van der Waals surface area contributed by atoms with Gasteiger partial charge in [0.1, 0.15) is 12.7 Å². The second kappa shape index (κ2) is 38.2. The van der Waals surface area contributed by atoms with Crippen LogP contribution in [0.5, 0.6) is 0 Å². The lowest BCUT2D eigenvalue weighted by molar-refractivity contribution is -0.161. The minimum absolute atomic E-state index is 0.137. The third-order valence-electron chi connectivity index (χ3n) is 8.46. The molecular formula is C42H75O10P. The van der Waals surface area contributed by atoms with Crippen LogP contribution in [-0.4, -0.2) is 65.7 Å². The number of ether oxygens (including phenoxy) is 2. The van der Waals surface area contributed by atoms with Crippen LogP contribution >= 0.6 is 7.82 Å². The highest BCUT2D eigenvalue weighted by Gasteiger charge is 2.27. The van der Waals surface area contributed by atoms with Crippen LogP contribution in [0.2, 0.25) is 0 Å². The van der Waals surface area contributed by atoms with Gasteiger partial charge in [-0.25, -0.2) is 4.57 Å². The Kier molecular flexibility index (Phi) is 36.7. The normalized spacial score (nSPS) is 14.4. The van der Waals surface area contributed by atoms with Crippen molar-refractivity contribution in [2.24, 2.45) is 0 Å². The maximum Gasteiger partial charge on any atom is 0.472 e. The second-order valence-corrected chi connectivity index (χ2v) is 15.1. The topological polar surface area (TPSA) is 149 Å². The number of allylic oxidation sites excluding steroid dienone is 8. The van der Waals surface area contributed by atoms with E-state index in [0.717, 1.165) is 70.6 Å². The van der Waals surface area contributed by atoms with E-state index in [4.69, 9.17) is 19.1 Å². The minimum atomic E-state index is -4.63. The van der Waals surface area contributed by atoms with Gasteiger partial charge in [0, 0.05) is 12.8 Å². The number of unbranched alkanes of at least 4 members (excludes halogenated alkanes) is 16. The number of carbonyl (C=O) groups is 2. The average Bonchev–Trinajstić information content (AvgIpc) is 3.14. The first-order chi connectivity index (χ1) is 25.7. The van der Waals surface area contributed by atoms with Crippen molar-refractivity contribution in [2.75, 3.05) is 26.4 Å². The van der Waals surface area contributed by atoms with Crippen molar-refractivity contribution in [1.29, 1.82) is 0 Å². The Morgan fingerprint density at radius 1 is 0.566 bits per heavy atom. The van der Waals surface area contributed by atoms with Crippen molar-refractivity contribution in [3.63, 3.8) is 0 Å². The molecule has 3 N–H and O–H groups in total. The van der Waals surface area contributed by atoms with Crippen LogP contribution in [0.1, 0.15) is 168 Å². The molecule has 53 heavy (non-hydrogen) atoms. The summed E-state index contributed by atoms with van der Waals surface area (Å²) in [6.07, 6.45) is 39.4. The fraction of sp³-hybridized carbons (Fsp3) is 0.762. The first-order valence-corrected chi connectivity index (χ1v) is 22.1. The van der Waals surface area contributed by atoms with Gasteiger partial charge in [-0.05, 0) is 77.0 Å². The summed E-state index contributed by atoms with van der Waals surface area (Å²) in [5, 5.41) is 18.3. The molecule has 3 atom stereocenters. The largest absolute Gasteiger partial charge is 0.472 e. The molecule has 0 aromatic heterocycles. The summed E-state index contributed by atoms with van der Waals surface area (Å²) >= 11 is 0. The maximum atomic E-state index is 12.6. The quantitative estimate of drug-likeness (QED) is 0.0240. The van der Waals surface area contributed by atoms with Gasteiger partial charge < -0.3 is 24.6 Å². The lowest BCUT2D eigenvalue weighted by Crippen LogP contribution is -2.29. The van der Waals surface area contributed by atoms with Gasteiger partial charge in [-0.15, -0.1) is 0 Å². The molecule has 0 spiro atoms. The summed E-state index contributed by atoms with van der Waals surface area (Å²) in [7, 11) is -4.63. The predicted molar refractivity (Wildman–Crippen MR) is 214 cm³/mol. The summed E-state index contributed by atoms with van der Waals surface area (Å²) in [4.78, 5) is 34.9. The third-order valence-corrected chi connectivity index (χ3v) is 9.41. The Labute approximate surface area is 322 Å². The van der Waals surface area contributed by atoms with Crippen molar-refractivity contribution >= 4 is 19.8 Å². The lowest BCUT2D eigenvalue weighted by Gasteiger charge is -2.20. The molecule has 0 bridgehead atoms. The van der Waals surface area contributed by atoms with Crippen molar-refractivity contribution < 1.29 is 47.8 Å². The van der Waals surface area contributed by atoms with E-state index in [1.165, 1.54) is 57.8 Å². The highest BCUT2D eigenvalue weighted by Crippen LogP contribution is 2.43. The van der Waals surface area contributed by atoms with Gasteiger partial charge in [-0.1, -0.05) is 127 Å². The Balaban J connectivity index is 4.42. The SMILES string of the molecule is CCCCC/C=C/C/C=C/CCCCCCCC(=O)OC[C@H](COP(=O)(O)OC[C@@H](O)CO)OC(=O)CCCC/C=C/C/C=C/CCCCCCCC. The van der Waals surface area contributed by atoms with E-state index in [0.29, 0.717) is 12.8 Å². The van der Waals surface area contributed by atoms with E-state index >= 15 is 0 Å². The van der Waals surface area contributed by atoms with E-state index in [1.54, 1.807) is 0 Å². The van der Waals surface area contributed by atoms with Crippen LogP contribution in [0.25, 0.3) is 0 Å². The maximum absolute atomic E-state index is 12.6. The zero-order valence-corrected chi connectivity index (χ0v) is 34.1. The number of aliphatic hydroxyl groups is 2. The first kappa shape index (κ1) is 50.9. The van der Waals surface area contributed by atoms with Gasteiger partial charge in [0.15, 0.2) is 6.10 Å². The predicted octanol–water partition coefficient (Wildman–Crippen LogP) is 10.6. The number of esters is 2. The molecule has 308 valence electrons. The number of phosphoric ester groups is 1. The zero-order chi connectivity index (χ0) is 39.1. The van der Waals surface area contributed by atoms with Gasteiger partial charge in [-0.2, -0.15) is 0 Å². The molecule has 11 heteroatoms. The Hall–Kier alpha value is -2.07. The van der Waals surface area contributed by atoms with Crippen molar-refractivity contribution in [2.45, 2.75) is 180 Å². The molecule has 0 saturated heterocycles.